The molecule has 3 aromatic rings. The van der Waals surface area contributed by atoms with Gasteiger partial charge in [0.2, 0.25) is 0 Å². The first-order valence-electron chi connectivity index (χ1n) is 10.6. The molecule has 1 N–H and O–H groups in total. The molecule has 9 heteroatoms. The maximum atomic E-state index is 13.6. The Morgan fingerprint density at radius 3 is 2.62 bits per heavy atom. The molecule has 34 heavy (non-hydrogen) atoms. The van der Waals surface area contributed by atoms with Crippen molar-refractivity contribution in [2.45, 2.75) is 19.9 Å². The van der Waals surface area contributed by atoms with Gasteiger partial charge in [-0.3, -0.25) is 9.36 Å². The van der Waals surface area contributed by atoms with E-state index in [0.717, 1.165) is 0 Å². The van der Waals surface area contributed by atoms with Gasteiger partial charge >= 0.3 is 5.97 Å². The predicted molar refractivity (Wildman–Crippen MR) is 128 cm³/mol. The quantitative estimate of drug-likeness (QED) is 0.545. The van der Waals surface area contributed by atoms with Crippen LogP contribution in [0.4, 0.5) is 0 Å². The molecule has 0 aliphatic carbocycles. The Morgan fingerprint density at radius 2 is 1.91 bits per heavy atom. The fraction of sp³-hybridized carbons (Fsp3) is 0.240. The number of phenolic OH excluding ortho intramolecular Hbond substituents is 1. The van der Waals surface area contributed by atoms with E-state index in [1.807, 2.05) is 18.2 Å². The summed E-state index contributed by atoms with van der Waals surface area (Å²) in [4.78, 5) is 31.6. The SMILES string of the molecule is CCOC(=O)C1=C(C)N=c2sc(=Cc3ccc(O)c(OC)c3)c(=O)n2C1c1ccccc1OC. The Kier molecular flexibility index (Phi) is 6.56. The molecule has 8 nitrogen and oxygen atoms in total. The van der Waals surface area contributed by atoms with Crippen LogP contribution in [0.15, 0.2) is 63.5 Å². The van der Waals surface area contributed by atoms with Crippen LogP contribution >= 0.6 is 11.3 Å². The Bertz CT molecular complexity index is 1470. The molecule has 2 heterocycles. The molecule has 1 aliphatic heterocycles. The number of allylic oxidation sites excluding steroid dienone is 1. The molecule has 0 fully saturated rings. The number of fused-ring (bicyclic) bond motifs is 1. The van der Waals surface area contributed by atoms with Gasteiger partial charge in [-0.1, -0.05) is 35.6 Å². The third kappa shape index (κ3) is 4.10. The van der Waals surface area contributed by atoms with Gasteiger partial charge in [0.15, 0.2) is 16.3 Å². The number of rotatable bonds is 6. The van der Waals surface area contributed by atoms with Crippen molar-refractivity contribution in [2.24, 2.45) is 4.99 Å². The summed E-state index contributed by atoms with van der Waals surface area (Å²) in [5, 5.41) is 9.87. The molecular weight excluding hydrogens is 456 g/mol. The lowest BCUT2D eigenvalue weighted by molar-refractivity contribution is -0.139. The largest absolute Gasteiger partial charge is 0.504 e. The average molecular weight is 481 g/mol. The van der Waals surface area contributed by atoms with Crippen LogP contribution in [0.25, 0.3) is 6.08 Å². The number of para-hydroxylation sites is 1. The van der Waals surface area contributed by atoms with Crippen LogP contribution in [0.5, 0.6) is 17.2 Å². The first kappa shape index (κ1) is 23.3. The lowest BCUT2D eigenvalue weighted by Crippen LogP contribution is -2.40. The molecular formula is C25H24N2O6S. The Hall–Kier alpha value is -3.85. The minimum absolute atomic E-state index is 0.00647. The standard InChI is InChI=1S/C25H24N2O6S/c1-5-33-24(30)21-14(2)26-25-27(22(21)16-8-6-7-9-18(16)31-3)23(29)20(34-25)13-15-10-11-17(28)19(12-15)32-4/h6-13,22,28H,5H2,1-4H3. The molecule has 1 aliphatic rings. The predicted octanol–water partition coefficient (Wildman–Crippen LogP) is 2.52. The third-order valence-electron chi connectivity index (χ3n) is 5.45. The molecule has 4 rings (SSSR count). The van der Waals surface area contributed by atoms with Crippen LogP contribution in [0.1, 0.15) is 31.0 Å². The second-order valence-corrected chi connectivity index (χ2v) is 8.48. The highest BCUT2D eigenvalue weighted by atomic mass is 32.1. The summed E-state index contributed by atoms with van der Waals surface area (Å²) in [5.41, 5.74) is 1.79. The monoisotopic (exact) mass is 480 g/mol. The topological polar surface area (TPSA) is 99.4 Å². The lowest BCUT2D eigenvalue weighted by atomic mass is 9.95. The number of methoxy groups -OCH3 is 2. The number of ether oxygens (including phenoxy) is 3. The number of thiazole rings is 1. The number of hydrogen-bond donors (Lipinski definition) is 1. The van der Waals surface area contributed by atoms with E-state index in [1.54, 1.807) is 45.2 Å². The summed E-state index contributed by atoms with van der Waals surface area (Å²) >= 11 is 1.21. The van der Waals surface area contributed by atoms with Crippen molar-refractivity contribution in [2.75, 3.05) is 20.8 Å². The second-order valence-electron chi connectivity index (χ2n) is 7.48. The minimum Gasteiger partial charge on any atom is -0.504 e. The zero-order valence-corrected chi connectivity index (χ0v) is 20.0. The van der Waals surface area contributed by atoms with Crippen molar-refractivity contribution in [1.82, 2.24) is 4.57 Å². The van der Waals surface area contributed by atoms with Crippen molar-refractivity contribution in [3.05, 3.63) is 84.5 Å². The second kappa shape index (κ2) is 9.56. The first-order valence-corrected chi connectivity index (χ1v) is 11.4. The highest BCUT2D eigenvalue weighted by molar-refractivity contribution is 7.07. The summed E-state index contributed by atoms with van der Waals surface area (Å²) in [6.45, 7) is 3.66. The van der Waals surface area contributed by atoms with Gasteiger partial charge in [0, 0.05) is 5.56 Å². The van der Waals surface area contributed by atoms with E-state index < -0.39 is 12.0 Å². The van der Waals surface area contributed by atoms with Gasteiger partial charge < -0.3 is 19.3 Å². The van der Waals surface area contributed by atoms with E-state index in [9.17, 15) is 14.7 Å². The van der Waals surface area contributed by atoms with Crippen molar-refractivity contribution in [1.29, 1.82) is 0 Å². The molecule has 0 spiro atoms. The average Bonchev–Trinajstić information content (AvgIpc) is 3.13. The molecule has 1 aromatic heterocycles. The number of hydrogen-bond acceptors (Lipinski definition) is 8. The summed E-state index contributed by atoms with van der Waals surface area (Å²) in [5.74, 6) is 0.319. The van der Waals surface area contributed by atoms with Gasteiger partial charge in [0.1, 0.15) is 11.8 Å². The van der Waals surface area contributed by atoms with E-state index in [-0.39, 0.29) is 23.5 Å². The highest BCUT2D eigenvalue weighted by Gasteiger charge is 2.34. The van der Waals surface area contributed by atoms with E-state index >= 15 is 0 Å². The summed E-state index contributed by atoms with van der Waals surface area (Å²) in [7, 11) is 3.00. The summed E-state index contributed by atoms with van der Waals surface area (Å²) in [6, 6.07) is 11.3. The van der Waals surface area contributed by atoms with Crippen molar-refractivity contribution in [3.8, 4) is 17.2 Å². The number of benzene rings is 2. The zero-order valence-electron chi connectivity index (χ0n) is 19.2. The fourth-order valence-corrected chi connectivity index (χ4v) is 4.96. The molecule has 1 unspecified atom stereocenters. The van der Waals surface area contributed by atoms with E-state index in [2.05, 4.69) is 4.99 Å². The molecule has 0 amide bonds. The van der Waals surface area contributed by atoms with Gasteiger partial charge in [0.25, 0.3) is 5.56 Å². The van der Waals surface area contributed by atoms with Crippen LogP contribution in [0.2, 0.25) is 0 Å². The van der Waals surface area contributed by atoms with Gasteiger partial charge in [-0.15, -0.1) is 0 Å². The maximum absolute atomic E-state index is 13.6. The molecule has 176 valence electrons. The molecule has 1 atom stereocenters. The van der Waals surface area contributed by atoms with Crippen LogP contribution in [-0.4, -0.2) is 36.5 Å². The van der Waals surface area contributed by atoms with Crippen molar-refractivity contribution >= 4 is 23.4 Å². The lowest BCUT2D eigenvalue weighted by Gasteiger charge is -2.25. The van der Waals surface area contributed by atoms with Crippen molar-refractivity contribution in [3.63, 3.8) is 0 Å². The maximum Gasteiger partial charge on any atom is 0.338 e. The molecule has 0 saturated heterocycles. The van der Waals surface area contributed by atoms with E-state index in [4.69, 9.17) is 14.2 Å². The van der Waals surface area contributed by atoms with E-state index in [1.165, 1.54) is 29.1 Å². The van der Waals surface area contributed by atoms with Crippen molar-refractivity contribution < 1.29 is 24.1 Å². The van der Waals surface area contributed by atoms with Gasteiger partial charge in [-0.05, 0) is 43.7 Å². The Balaban J connectivity index is 1.97. The van der Waals surface area contributed by atoms with E-state index in [0.29, 0.717) is 37.7 Å². The molecule has 0 radical (unpaired) electrons. The fourth-order valence-electron chi connectivity index (χ4n) is 3.91. The summed E-state index contributed by atoms with van der Waals surface area (Å²) < 4.78 is 18.0. The van der Waals surface area contributed by atoms with Crippen LogP contribution in [0.3, 0.4) is 0 Å². The number of carbonyl (C=O) groups excluding carboxylic acids is 1. The number of nitrogens with zero attached hydrogens (tertiary/aromatic N) is 2. The van der Waals surface area contributed by atoms with Gasteiger partial charge in [-0.25, -0.2) is 9.79 Å². The highest BCUT2D eigenvalue weighted by Crippen LogP contribution is 2.35. The smallest absolute Gasteiger partial charge is 0.338 e. The minimum atomic E-state index is -0.761. The van der Waals surface area contributed by atoms with Crippen LogP contribution in [-0.2, 0) is 9.53 Å². The van der Waals surface area contributed by atoms with Gasteiger partial charge in [0.05, 0.1) is 36.6 Å². The number of phenols is 1. The Morgan fingerprint density at radius 1 is 1.18 bits per heavy atom. The number of esters is 1. The number of carbonyl (C=O) groups is 1. The first-order chi connectivity index (χ1) is 16.4. The number of aromatic nitrogens is 1. The molecule has 0 saturated carbocycles. The third-order valence-corrected chi connectivity index (χ3v) is 6.44. The van der Waals surface area contributed by atoms with Crippen LogP contribution in [0, 0.1) is 0 Å². The molecule has 2 aromatic carbocycles. The summed E-state index contributed by atoms with van der Waals surface area (Å²) in [6.07, 6.45) is 1.70. The number of aromatic hydroxyl groups is 1. The van der Waals surface area contributed by atoms with Gasteiger partial charge in [-0.2, -0.15) is 0 Å². The normalized spacial score (nSPS) is 15.5. The Labute approximate surface area is 199 Å². The molecule has 0 bridgehead atoms. The zero-order chi connectivity index (χ0) is 24.4. The van der Waals surface area contributed by atoms with Crippen LogP contribution < -0.4 is 24.4 Å².